The molecule has 1 heterocycles. The third-order valence-electron chi connectivity index (χ3n) is 2.24. The lowest BCUT2D eigenvalue weighted by atomic mass is 10.2. The molecule has 1 aromatic heterocycles. The molecule has 0 spiro atoms. The first-order valence-electron chi connectivity index (χ1n) is 5.08. The fourth-order valence-electron chi connectivity index (χ4n) is 1.44. The number of carbonyl (C=O) groups is 2. The smallest absolute Gasteiger partial charge is 0.351 e. The van der Waals surface area contributed by atoms with Crippen molar-refractivity contribution in [3.8, 4) is 0 Å². The van der Waals surface area contributed by atoms with E-state index < -0.39 is 35.6 Å². The average molecular weight is 265 g/mol. The number of carboxylic acids is 1. The summed E-state index contributed by atoms with van der Waals surface area (Å²) in [7, 11) is 0. The van der Waals surface area contributed by atoms with E-state index >= 15 is 0 Å². The molecule has 0 amide bonds. The van der Waals surface area contributed by atoms with Crippen LogP contribution in [0.15, 0.2) is 33.5 Å². The van der Waals surface area contributed by atoms with Crippen LogP contribution in [-0.4, -0.2) is 18.5 Å². The highest BCUT2D eigenvalue weighted by Gasteiger charge is 2.15. The number of halogens is 1. The Morgan fingerprint density at radius 2 is 2.05 bits per heavy atom. The van der Waals surface area contributed by atoms with Crippen LogP contribution < -0.4 is 10.7 Å². The number of ether oxygens (including phenoxy) is 1. The van der Waals surface area contributed by atoms with Gasteiger partial charge in [-0.2, -0.15) is 0 Å². The average Bonchev–Trinajstić information content (AvgIpc) is 2.35. The van der Waals surface area contributed by atoms with Gasteiger partial charge < -0.3 is 19.1 Å². The second kappa shape index (κ2) is 4.89. The maximum Gasteiger partial charge on any atom is 0.351 e. The number of hydrogen-bond acceptors (Lipinski definition) is 6. The van der Waals surface area contributed by atoms with Gasteiger partial charge in [-0.1, -0.05) is 0 Å². The number of hydrogen-bond donors (Lipinski definition) is 0. The van der Waals surface area contributed by atoms with Gasteiger partial charge in [0.2, 0.25) is 0 Å². The fourth-order valence-corrected chi connectivity index (χ4v) is 1.44. The van der Waals surface area contributed by atoms with E-state index in [1.54, 1.807) is 0 Å². The molecule has 0 saturated heterocycles. The first-order chi connectivity index (χ1) is 8.97. The molecule has 0 atom stereocenters. The highest BCUT2D eigenvalue weighted by atomic mass is 19.1. The first kappa shape index (κ1) is 12.7. The van der Waals surface area contributed by atoms with Crippen LogP contribution in [-0.2, 0) is 9.53 Å². The summed E-state index contributed by atoms with van der Waals surface area (Å²) in [6.07, 6.45) is 0. The van der Waals surface area contributed by atoms with Crippen LogP contribution in [0.25, 0.3) is 11.0 Å². The quantitative estimate of drug-likeness (QED) is 0.565. The van der Waals surface area contributed by atoms with Crippen molar-refractivity contribution >= 4 is 22.9 Å². The maximum absolute atomic E-state index is 13.0. The topological polar surface area (TPSA) is 96.6 Å². The van der Waals surface area contributed by atoms with E-state index in [1.807, 2.05) is 0 Å². The van der Waals surface area contributed by atoms with Crippen molar-refractivity contribution in [3.63, 3.8) is 0 Å². The van der Waals surface area contributed by atoms with Gasteiger partial charge in [0.15, 0.2) is 0 Å². The van der Waals surface area contributed by atoms with Gasteiger partial charge in [-0.05, 0) is 24.3 Å². The normalized spacial score (nSPS) is 10.4. The van der Waals surface area contributed by atoms with Crippen LogP contribution in [0, 0.1) is 5.82 Å². The second-order valence-electron chi connectivity index (χ2n) is 3.58. The van der Waals surface area contributed by atoms with Gasteiger partial charge in [0.05, 0.1) is 5.97 Å². The van der Waals surface area contributed by atoms with E-state index in [1.165, 1.54) is 6.07 Å². The lowest BCUT2D eigenvalue weighted by Gasteiger charge is -2.05. The van der Waals surface area contributed by atoms with Crippen LogP contribution in [0.4, 0.5) is 4.39 Å². The van der Waals surface area contributed by atoms with Crippen LogP contribution in [0.2, 0.25) is 0 Å². The molecule has 0 aliphatic rings. The fraction of sp³-hybridized carbons (Fsp3) is 0.0833. The summed E-state index contributed by atoms with van der Waals surface area (Å²) in [6.45, 7) is -0.987. The Morgan fingerprint density at radius 1 is 1.32 bits per heavy atom. The summed E-state index contributed by atoms with van der Waals surface area (Å²) in [6, 6.07) is 4.47. The third kappa shape index (κ3) is 2.76. The number of benzene rings is 1. The van der Waals surface area contributed by atoms with E-state index in [2.05, 4.69) is 4.74 Å². The van der Waals surface area contributed by atoms with Crippen molar-refractivity contribution in [1.82, 2.24) is 0 Å². The second-order valence-corrected chi connectivity index (χ2v) is 3.58. The van der Waals surface area contributed by atoms with E-state index in [0.717, 1.165) is 18.2 Å². The summed E-state index contributed by atoms with van der Waals surface area (Å²) >= 11 is 0. The molecule has 98 valence electrons. The molecule has 0 saturated carbocycles. The highest BCUT2D eigenvalue weighted by molar-refractivity contribution is 5.93. The minimum absolute atomic E-state index is 0.0999. The van der Waals surface area contributed by atoms with Crippen molar-refractivity contribution in [2.24, 2.45) is 0 Å². The van der Waals surface area contributed by atoms with E-state index in [-0.39, 0.29) is 11.0 Å². The molecule has 2 rings (SSSR count). The molecule has 0 fully saturated rings. The molecule has 7 heteroatoms. The molecule has 1 aromatic carbocycles. The van der Waals surface area contributed by atoms with Crippen molar-refractivity contribution in [1.29, 1.82) is 0 Å². The SMILES string of the molecule is O=C([O-])COC(=O)c1cc2cc(F)ccc2oc1=O. The predicted molar refractivity (Wildman–Crippen MR) is 57.7 cm³/mol. The van der Waals surface area contributed by atoms with E-state index in [9.17, 15) is 23.9 Å². The zero-order valence-electron chi connectivity index (χ0n) is 9.34. The molecule has 0 unspecified atom stereocenters. The lowest BCUT2D eigenvalue weighted by molar-refractivity contribution is -0.308. The molecule has 0 aliphatic heterocycles. The number of aliphatic carboxylic acids is 1. The number of carboxylic acid groups (broad SMARTS) is 1. The molecule has 2 aromatic rings. The van der Waals surface area contributed by atoms with Gasteiger partial charge in [-0.25, -0.2) is 14.0 Å². The Bertz CT molecular complexity index is 718. The van der Waals surface area contributed by atoms with Gasteiger partial charge in [0, 0.05) is 5.39 Å². The molecule has 0 bridgehead atoms. The third-order valence-corrected chi connectivity index (χ3v) is 2.24. The number of carbonyl (C=O) groups excluding carboxylic acids is 2. The number of fused-ring (bicyclic) bond motifs is 1. The molecule has 19 heavy (non-hydrogen) atoms. The Balaban J connectivity index is 2.43. The Morgan fingerprint density at radius 3 is 2.74 bits per heavy atom. The van der Waals surface area contributed by atoms with Crippen LogP contribution in [0.1, 0.15) is 10.4 Å². The van der Waals surface area contributed by atoms with E-state index in [0.29, 0.717) is 0 Å². The minimum atomic E-state index is -1.61. The lowest BCUT2D eigenvalue weighted by Crippen LogP contribution is -2.29. The highest BCUT2D eigenvalue weighted by Crippen LogP contribution is 2.15. The maximum atomic E-state index is 13.0. The zero-order valence-corrected chi connectivity index (χ0v) is 9.34. The minimum Gasteiger partial charge on any atom is -0.546 e. The number of esters is 1. The summed E-state index contributed by atoms with van der Waals surface area (Å²) in [4.78, 5) is 33.0. The first-order valence-corrected chi connectivity index (χ1v) is 5.08. The molecule has 0 radical (unpaired) electrons. The molecule has 0 aliphatic carbocycles. The van der Waals surface area contributed by atoms with Crippen molar-refractivity contribution in [2.75, 3.05) is 6.61 Å². The van der Waals surface area contributed by atoms with Crippen molar-refractivity contribution < 1.29 is 28.2 Å². The summed E-state index contributed by atoms with van der Waals surface area (Å²) in [5.41, 5.74) is -1.41. The Kier molecular flexibility index (Phi) is 3.28. The van der Waals surface area contributed by atoms with Crippen LogP contribution >= 0.6 is 0 Å². The monoisotopic (exact) mass is 265 g/mol. The van der Waals surface area contributed by atoms with Gasteiger partial charge >= 0.3 is 11.6 Å². The van der Waals surface area contributed by atoms with Gasteiger partial charge in [-0.3, -0.25) is 0 Å². The Labute approximate surface area is 105 Å². The molecular weight excluding hydrogens is 259 g/mol. The van der Waals surface area contributed by atoms with Crippen molar-refractivity contribution in [2.45, 2.75) is 0 Å². The molecule has 6 nitrogen and oxygen atoms in total. The van der Waals surface area contributed by atoms with Crippen LogP contribution in [0.3, 0.4) is 0 Å². The zero-order chi connectivity index (χ0) is 14.0. The Hall–Kier alpha value is -2.70. The number of rotatable bonds is 3. The van der Waals surface area contributed by atoms with Crippen LogP contribution in [0.5, 0.6) is 0 Å². The van der Waals surface area contributed by atoms with Gasteiger partial charge in [0.1, 0.15) is 23.6 Å². The molecular formula is C12H6FO6-. The van der Waals surface area contributed by atoms with E-state index in [4.69, 9.17) is 4.42 Å². The standard InChI is InChI=1S/C12H7FO6/c13-7-1-2-9-6(3-7)4-8(12(17)19-9)11(16)18-5-10(14)15/h1-4H,5H2,(H,14,15)/p-1. The van der Waals surface area contributed by atoms with Gasteiger partial charge in [-0.15, -0.1) is 0 Å². The van der Waals surface area contributed by atoms with Crippen molar-refractivity contribution in [3.05, 3.63) is 46.1 Å². The predicted octanol–water partition coefficient (Wildman–Crippen LogP) is -0.161. The summed E-state index contributed by atoms with van der Waals surface area (Å²) in [5.74, 6) is -3.36. The largest absolute Gasteiger partial charge is 0.546 e. The summed E-state index contributed by atoms with van der Waals surface area (Å²) in [5, 5.41) is 10.3. The van der Waals surface area contributed by atoms with Gasteiger partial charge in [0.25, 0.3) is 0 Å². The summed E-state index contributed by atoms with van der Waals surface area (Å²) < 4.78 is 22.1. The molecule has 0 N–H and O–H groups in total.